The van der Waals surface area contributed by atoms with Crippen LogP contribution in [0.3, 0.4) is 0 Å². The molecule has 0 spiro atoms. The number of hydrogen-bond donors (Lipinski definition) is 1. The first-order chi connectivity index (χ1) is 13.5. The molecule has 9 heteroatoms. The van der Waals surface area contributed by atoms with E-state index >= 15 is 0 Å². The molecule has 0 bridgehead atoms. The molecule has 29 heavy (non-hydrogen) atoms. The van der Waals surface area contributed by atoms with E-state index in [9.17, 15) is 19.5 Å². The Balaban J connectivity index is 2.27. The fourth-order valence-electron chi connectivity index (χ4n) is 2.78. The monoisotopic (exact) mass is 410 g/mol. The Kier molecular flexibility index (Phi) is 7.34. The maximum atomic E-state index is 12.6. The first-order valence-corrected chi connectivity index (χ1v) is 9.06. The maximum absolute atomic E-state index is 12.6. The molecule has 1 saturated heterocycles. The van der Waals surface area contributed by atoms with Crippen molar-refractivity contribution in [2.45, 2.75) is 64.0 Å². The molecule has 0 aliphatic carbocycles. The van der Waals surface area contributed by atoms with Crippen molar-refractivity contribution in [3.05, 3.63) is 35.9 Å². The van der Waals surface area contributed by atoms with Crippen molar-refractivity contribution < 1.29 is 43.2 Å². The highest BCUT2D eigenvalue weighted by molar-refractivity contribution is 5.89. The Morgan fingerprint density at radius 3 is 2.17 bits per heavy atom. The zero-order chi connectivity index (χ0) is 21.8. The number of carbonyl (C=O) groups excluding carboxylic acids is 3. The van der Waals surface area contributed by atoms with E-state index in [1.165, 1.54) is 19.2 Å². The summed E-state index contributed by atoms with van der Waals surface area (Å²) >= 11 is 0. The minimum absolute atomic E-state index is 0.243. The van der Waals surface area contributed by atoms with Crippen LogP contribution in [0.4, 0.5) is 0 Å². The Hall–Kier alpha value is -2.49. The molecule has 0 saturated carbocycles. The number of ether oxygens (including phenoxy) is 5. The van der Waals surface area contributed by atoms with Crippen molar-refractivity contribution in [3.8, 4) is 0 Å². The maximum Gasteiger partial charge on any atom is 0.339 e. The van der Waals surface area contributed by atoms with Gasteiger partial charge in [0.2, 0.25) is 0 Å². The summed E-state index contributed by atoms with van der Waals surface area (Å²) in [4.78, 5) is 36.5. The summed E-state index contributed by atoms with van der Waals surface area (Å²) in [6.45, 7) is 6.09. The third kappa shape index (κ3) is 5.99. The minimum Gasteiger partial charge on any atom is -0.458 e. The zero-order valence-corrected chi connectivity index (χ0v) is 17.0. The van der Waals surface area contributed by atoms with Gasteiger partial charge in [0.05, 0.1) is 5.56 Å². The predicted octanol–water partition coefficient (Wildman–Crippen LogP) is 1.22. The first kappa shape index (κ1) is 22.8. The topological polar surface area (TPSA) is 118 Å². The van der Waals surface area contributed by atoms with Gasteiger partial charge < -0.3 is 28.8 Å². The lowest BCUT2D eigenvalue weighted by Crippen LogP contribution is -2.63. The van der Waals surface area contributed by atoms with Crippen LogP contribution in [0.5, 0.6) is 0 Å². The summed E-state index contributed by atoms with van der Waals surface area (Å²) in [5.74, 6) is -2.34. The molecule has 0 amide bonds. The van der Waals surface area contributed by atoms with Crippen molar-refractivity contribution in [2.24, 2.45) is 0 Å². The molecule has 2 rings (SSSR count). The lowest BCUT2D eigenvalue weighted by atomic mass is 9.98. The third-order valence-corrected chi connectivity index (χ3v) is 3.95. The second-order valence-electron chi connectivity index (χ2n) is 7.49. The quantitative estimate of drug-likeness (QED) is 0.564. The molecule has 9 nitrogen and oxygen atoms in total. The van der Waals surface area contributed by atoms with Gasteiger partial charge in [-0.1, -0.05) is 18.2 Å². The van der Waals surface area contributed by atoms with Crippen molar-refractivity contribution in [3.63, 3.8) is 0 Å². The highest BCUT2D eigenvalue weighted by Crippen LogP contribution is 2.29. The lowest BCUT2D eigenvalue weighted by Gasteiger charge is -2.42. The molecule has 1 aliphatic heterocycles. The predicted molar refractivity (Wildman–Crippen MR) is 98.7 cm³/mol. The molecular formula is C20H26O9. The minimum atomic E-state index is -1.59. The number of aliphatic hydroxyl groups excluding tert-OH is 1. The summed E-state index contributed by atoms with van der Waals surface area (Å²) in [5, 5.41) is 10.8. The van der Waals surface area contributed by atoms with Crippen LogP contribution < -0.4 is 0 Å². The Labute approximate surface area is 168 Å². The van der Waals surface area contributed by atoms with E-state index in [1.807, 2.05) is 0 Å². The Morgan fingerprint density at radius 2 is 1.66 bits per heavy atom. The van der Waals surface area contributed by atoms with Gasteiger partial charge in [0.1, 0.15) is 11.7 Å². The van der Waals surface area contributed by atoms with Crippen LogP contribution in [0.2, 0.25) is 0 Å². The summed E-state index contributed by atoms with van der Waals surface area (Å²) in [6, 6.07) is 8.10. The zero-order valence-electron chi connectivity index (χ0n) is 17.0. The van der Waals surface area contributed by atoms with Gasteiger partial charge in [0.25, 0.3) is 0 Å². The second kappa shape index (κ2) is 9.34. The fourth-order valence-corrected chi connectivity index (χ4v) is 2.78. The highest BCUT2D eigenvalue weighted by atomic mass is 16.7. The molecule has 1 aliphatic rings. The SMILES string of the molecule is CO[C@H]1O[C@H](C(=O)OC(C)(C)C)[C@H](OC(C)=O)[C@H](O)[C@H]1OC(=O)c1ccccc1. The van der Waals surface area contributed by atoms with Gasteiger partial charge >= 0.3 is 17.9 Å². The van der Waals surface area contributed by atoms with E-state index in [0.717, 1.165) is 6.92 Å². The average Bonchev–Trinajstić information content (AvgIpc) is 2.63. The smallest absolute Gasteiger partial charge is 0.339 e. The third-order valence-electron chi connectivity index (χ3n) is 3.95. The fraction of sp³-hybridized carbons (Fsp3) is 0.550. The van der Waals surface area contributed by atoms with Gasteiger partial charge in [-0.3, -0.25) is 4.79 Å². The normalized spacial score (nSPS) is 27.0. The summed E-state index contributed by atoms with van der Waals surface area (Å²) < 4.78 is 26.5. The van der Waals surface area contributed by atoms with E-state index < -0.39 is 54.2 Å². The number of rotatable bonds is 5. The number of aliphatic hydroxyl groups is 1. The Morgan fingerprint density at radius 1 is 1.03 bits per heavy atom. The number of esters is 3. The molecule has 1 aromatic carbocycles. The molecule has 1 fully saturated rings. The van der Waals surface area contributed by atoms with Crippen LogP contribution in [0, 0.1) is 0 Å². The van der Waals surface area contributed by atoms with Crippen molar-refractivity contribution in [2.75, 3.05) is 7.11 Å². The first-order valence-electron chi connectivity index (χ1n) is 9.06. The van der Waals surface area contributed by atoms with E-state index in [-0.39, 0.29) is 5.56 Å². The van der Waals surface area contributed by atoms with E-state index in [2.05, 4.69) is 0 Å². The second-order valence-corrected chi connectivity index (χ2v) is 7.49. The van der Waals surface area contributed by atoms with Crippen molar-refractivity contribution >= 4 is 17.9 Å². The van der Waals surface area contributed by atoms with Gasteiger partial charge in [-0.15, -0.1) is 0 Å². The van der Waals surface area contributed by atoms with Crippen LogP contribution in [0.25, 0.3) is 0 Å². The number of benzene rings is 1. The van der Waals surface area contributed by atoms with Crippen LogP contribution in [0.1, 0.15) is 38.1 Å². The largest absolute Gasteiger partial charge is 0.458 e. The molecular weight excluding hydrogens is 384 g/mol. The molecule has 0 unspecified atom stereocenters. The van der Waals surface area contributed by atoms with Crippen LogP contribution >= 0.6 is 0 Å². The molecule has 0 radical (unpaired) electrons. The van der Waals surface area contributed by atoms with Crippen molar-refractivity contribution in [1.82, 2.24) is 0 Å². The summed E-state index contributed by atoms with van der Waals surface area (Å²) in [6.07, 6.45) is -7.16. The lowest BCUT2D eigenvalue weighted by molar-refractivity contribution is -0.291. The van der Waals surface area contributed by atoms with Gasteiger partial charge in [-0.05, 0) is 32.9 Å². The van der Waals surface area contributed by atoms with Crippen LogP contribution in [-0.4, -0.2) is 66.4 Å². The van der Waals surface area contributed by atoms with E-state index in [4.69, 9.17) is 23.7 Å². The number of hydrogen-bond acceptors (Lipinski definition) is 9. The molecule has 160 valence electrons. The molecule has 1 aromatic rings. The van der Waals surface area contributed by atoms with E-state index in [1.54, 1.807) is 39.0 Å². The van der Waals surface area contributed by atoms with Crippen LogP contribution in [-0.2, 0) is 33.3 Å². The van der Waals surface area contributed by atoms with Gasteiger partial charge in [-0.2, -0.15) is 0 Å². The van der Waals surface area contributed by atoms with Crippen molar-refractivity contribution in [1.29, 1.82) is 0 Å². The average molecular weight is 410 g/mol. The molecule has 0 aromatic heterocycles. The summed E-state index contributed by atoms with van der Waals surface area (Å²) in [7, 11) is 1.26. The van der Waals surface area contributed by atoms with Crippen LogP contribution in [0.15, 0.2) is 30.3 Å². The van der Waals surface area contributed by atoms with Gasteiger partial charge in [-0.25, -0.2) is 9.59 Å². The highest BCUT2D eigenvalue weighted by Gasteiger charge is 2.53. The molecule has 1 N–H and O–H groups in total. The molecule has 5 atom stereocenters. The Bertz CT molecular complexity index is 725. The van der Waals surface area contributed by atoms with Gasteiger partial charge in [0.15, 0.2) is 24.6 Å². The summed E-state index contributed by atoms with van der Waals surface area (Å²) in [5.41, 5.74) is -0.599. The van der Waals surface area contributed by atoms with E-state index in [0.29, 0.717) is 0 Å². The standard InChI is InChI=1S/C20H26O9/c1-11(21)26-14-13(22)15(27-17(23)12-9-7-6-8-10-12)19(25-5)28-16(14)18(24)29-20(2,3)4/h6-10,13-16,19,22H,1-5H3/t13-,14+,15+,16-,19-/m0/s1. The number of carbonyl (C=O) groups is 3. The van der Waals surface area contributed by atoms with Gasteiger partial charge in [0, 0.05) is 14.0 Å². The number of methoxy groups -OCH3 is 1. The molecule has 1 heterocycles.